The molecule has 0 aliphatic heterocycles. The number of carbonyl (C=O) groups is 1. The van der Waals surface area contributed by atoms with Gasteiger partial charge in [0, 0.05) is 0 Å². The predicted octanol–water partition coefficient (Wildman–Crippen LogP) is 3.36. The Kier molecular flexibility index (Phi) is 5.81. The van der Waals surface area contributed by atoms with Crippen LogP contribution in [0.1, 0.15) is 15.9 Å². The molecule has 0 fully saturated rings. The Balaban J connectivity index is 1.68. The molecule has 28 heavy (non-hydrogen) atoms. The number of nitrogens with zero attached hydrogens (tertiary/aromatic N) is 1. The van der Waals surface area contributed by atoms with Crippen molar-refractivity contribution in [3.8, 4) is 5.75 Å². The lowest BCUT2D eigenvalue weighted by Crippen LogP contribution is -2.18. The number of sulfonamides is 1. The Morgan fingerprint density at radius 3 is 2.46 bits per heavy atom. The number of rotatable bonds is 6. The van der Waals surface area contributed by atoms with Gasteiger partial charge in [-0.05, 0) is 48.0 Å². The molecule has 0 heterocycles. The van der Waals surface area contributed by atoms with Crippen molar-refractivity contribution in [2.75, 3.05) is 0 Å². The standard InChI is InChI=1S/C20H15FN2O4S/c21-17-8-5-7-16(13-17)20(24)27-18-9-4-6-15(12-18)14-22-23-28(25,26)19-10-2-1-3-11-19/h1-14,23H/b22-14-. The lowest BCUT2D eigenvalue weighted by atomic mass is 10.2. The van der Waals surface area contributed by atoms with Gasteiger partial charge in [-0.15, -0.1) is 0 Å². The van der Waals surface area contributed by atoms with E-state index in [2.05, 4.69) is 9.93 Å². The van der Waals surface area contributed by atoms with Crippen molar-refractivity contribution in [1.82, 2.24) is 4.83 Å². The molecule has 0 spiro atoms. The molecule has 0 aromatic heterocycles. The topological polar surface area (TPSA) is 84.8 Å². The molecule has 0 unspecified atom stereocenters. The van der Waals surface area contributed by atoms with E-state index in [0.717, 1.165) is 6.07 Å². The summed E-state index contributed by atoms with van der Waals surface area (Å²) in [5.74, 6) is -1.04. The van der Waals surface area contributed by atoms with E-state index < -0.39 is 21.8 Å². The van der Waals surface area contributed by atoms with Crippen LogP contribution in [0.2, 0.25) is 0 Å². The van der Waals surface area contributed by atoms with E-state index in [1.54, 1.807) is 36.4 Å². The third kappa shape index (κ3) is 5.01. The summed E-state index contributed by atoms with van der Waals surface area (Å²) >= 11 is 0. The van der Waals surface area contributed by atoms with E-state index in [1.165, 1.54) is 42.6 Å². The first-order valence-corrected chi connectivity index (χ1v) is 9.60. The number of esters is 1. The van der Waals surface area contributed by atoms with Gasteiger partial charge in [-0.1, -0.05) is 36.4 Å². The second-order valence-corrected chi connectivity index (χ2v) is 7.30. The minimum atomic E-state index is -3.77. The molecule has 0 atom stereocenters. The molecular weight excluding hydrogens is 383 g/mol. The maximum atomic E-state index is 13.2. The average molecular weight is 398 g/mol. The second-order valence-electron chi connectivity index (χ2n) is 5.64. The Hall–Kier alpha value is -3.52. The molecule has 0 radical (unpaired) electrons. The zero-order valence-electron chi connectivity index (χ0n) is 14.4. The molecule has 0 aliphatic rings. The van der Waals surface area contributed by atoms with Crippen molar-refractivity contribution in [3.63, 3.8) is 0 Å². The molecular formula is C20H15FN2O4S. The number of halogens is 1. The summed E-state index contributed by atoms with van der Waals surface area (Å²) in [5.41, 5.74) is 0.579. The van der Waals surface area contributed by atoms with Crippen molar-refractivity contribution in [2.45, 2.75) is 4.90 Å². The number of carbonyl (C=O) groups excluding carboxylic acids is 1. The smallest absolute Gasteiger partial charge is 0.343 e. The number of ether oxygens (including phenoxy) is 1. The molecule has 0 bridgehead atoms. The van der Waals surface area contributed by atoms with Crippen LogP contribution in [0.4, 0.5) is 4.39 Å². The van der Waals surface area contributed by atoms with Gasteiger partial charge in [0.1, 0.15) is 11.6 Å². The lowest BCUT2D eigenvalue weighted by molar-refractivity contribution is 0.0734. The maximum Gasteiger partial charge on any atom is 0.343 e. The summed E-state index contributed by atoms with van der Waals surface area (Å²) in [6.45, 7) is 0. The van der Waals surface area contributed by atoms with Gasteiger partial charge >= 0.3 is 5.97 Å². The van der Waals surface area contributed by atoms with Crippen LogP contribution in [0.15, 0.2) is 88.9 Å². The minimum absolute atomic E-state index is 0.0784. The van der Waals surface area contributed by atoms with Crippen molar-refractivity contribution < 1.29 is 22.3 Å². The molecule has 3 aromatic rings. The van der Waals surface area contributed by atoms with E-state index in [-0.39, 0.29) is 16.2 Å². The zero-order chi connectivity index (χ0) is 20.0. The van der Waals surface area contributed by atoms with Crippen LogP contribution in [0.25, 0.3) is 0 Å². The highest BCUT2D eigenvalue weighted by atomic mass is 32.2. The van der Waals surface area contributed by atoms with Crippen molar-refractivity contribution in [2.24, 2.45) is 5.10 Å². The molecule has 142 valence electrons. The molecule has 0 saturated carbocycles. The summed E-state index contributed by atoms with van der Waals surface area (Å²) in [7, 11) is -3.77. The number of hydrogen-bond acceptors (Lipinski definition) is 5. The number of benzene rings is 3. The quantitative estimate of drug-likeness (QED) is 0.299. The summed E-state index contributed by atoms with van der Waals surface area (Å²) in [4.78, 5) is 14.3. The van der Waals surface area contributed by atoms with Gasteiger partial charge in [-0.3, -0.25) is 0 Å². The Morgan fingerprint density at radius 2 is 1.71 bits per heavy atom. The zero-order valence-corrected chi connectivity index (χ0v) is 15.3. The van der Waals surface area contributed by atoms with Gasteiger partial charge in [0.15, 0.2) is 0 Å². The Morgan fingerprint density at radius 1 is 0.964 bits per heavy atom. The number of hydrazone groups is 1. The van der Waals surface area contributed by atoms with E-state index in [9.17, 15) is 17.6 Å². The fourth-order valence-corrected chi connectivity index (χ4v) is 3.07. The number of nitrogens with one attached hydrogen (secondary N) is 1. The SMILES string of the molecule is O=C(Oc1cccc(/C=N\NS(=O)(=O)c2ccccc2)c1)c1cccc(F)c1. The van der Waals surface area contributed by atoms with Crippen LogP contribution >= 0.6 is 0 Å². The van der Waals surface area contributed by atoms with Gasteiger partial charge in [-0.2, -0.15) is 13.5 Å². The summed E-state index contributed by atoms with van der Waals surface area (Å²) in [5, 5.41) is 3.73. The first kappa shape index (κ1) is 19.2. The molecule has 1 N–H and O–H groups in total. The van der Waals surface area contributed by atoms with Gasteiger partial charge in [0.2, 0.25) is 0 Å². The van der Waals surface area contributed by atoms with Gasteiger partial charge in [0.25, 0.3) is 10.0 Å². The molecule has 0 amide bonds. The van der Waals surface area contributed by atoms with Gasteiger partial charge in [0.05, 0.1) is 16.7 Å². The van der Waals surface area contributed by atoms with Crippen LogP contribution in [-0.4, -0.2) is 20.6 Å². The molecule has 0 aliphatic carbocycles. The normalized spacial score (nSPS) is 11.3. The van der Waals surface area contributed by atoms with E-state index in [1.807, 2.05) is 0 Å². The summed E-state index contributed by atoms with van der Waals surface area (Å²) in [6.07, 6.45) is 1.28. The lowest BCUT2D eigenvalue weighted by Gasteiger charge is -2.05. The summed E-state index contributed by atoms with van der Waals surface area (Å²) < 4.78 is 42.6. The van der Waals surface area contributed by atoms with E-state index in [0.29, 0.717) is 5.56 Å². The van der Waals surface area contributed by atoms with E-state index >= 15 is 0 Å². The maximum absolute atomic E-state index is 13.2. The Bertz CT molecular complexity index is 1120. The molecule has 0 saturated heterocycles. The van der Waals surface area contributed by atoms with Crippen molar-refractivity contribution in [1.29, 1.82) is 0 Å². The third-order valence-electron chi connectivity index (χ3n) is 3.57. The Labute approximate surface area is 161 Å². The fourth-order valence-electron chi connectivity index (χ4n) is 2.26. The fraction of sp³-hybridized carbons (Fsp3) is 0. The first-order chi connectivity index (χ1) is 13.4. The van der Waals surface area contributed by atoms with Crippen molar-refractivity contribution >= 4 is 22.2 Å². The number of hydrogen-bond donors (Lipinski definition) is 1. The molecule has 3 aromatic carbocycles. The predicted molar refractivity (Wildman–Crippen MR) is 102 cm³/mol. The van der Waals surface area contributed by atoms with Gasteiger partial charge in [-0.25, -0.2) is 14.0 Å². The van der Waals surface area contributed by atoms with E-state index in [4.69, 9.17) is 4.74 Å². The largest absolute Gasteiger partial charge is 0.423 e. The van der Waals surface area contributed by atoms with Crippen LogP contribution in [0.3, 0.4) is 0 Å². The van der Waals surface area contributed by atoms with Gasteiger partial charge < -0.3 is 4.74 Å². The van der Waals surface area contributed by atoms with Crippen LogP contribution in [0.5, 0.6) is 5.75 Å². The average Bonchev–Trinajstić information content (AvgIpc) is 2.69. The highest BCUT2D eigenvalue weighted by Gasteiger charge is 2.11. The second kappa shape index (κ2) is 8.45. The van der Waals surface area contributed by atoms with Crippen LogP contribution in [-0.2, 0) is 10.0 Å². The molecule has 8 heteroatoms. The monoisotopic (exact) mass is 398 g/mol. The van der Waals surface area contributed by atoms with Crippen molar-refractivity contribution in [3.05, 3.63) is 95.8 Å². The first-order valence-electron chi connectivity index (χ1n) is 8.12. The minimum Gasteiger partial charge on any atom is -0.423 e. The summed E-state index contributed by atoms with van der Waals surface area (Å²) in [6, 6.07) is 19.3. The highest BCUT2D eigenvalue weighted by Crippen LogP contribution is 2.15. The van der Waals surface area contributed by atoms with Crippen LogP contribution < -0.4 is 9.57 Å². The van der Waals surface area contributed by atoms with Crippen LogP contribution in [0, 0.1) is 5.82 Å². The molecule has 3 rings (SSSR count). The molecule has 6 nitrogen and oxygen atoms in total. The highest BCUT2D eigenvalue weighted by molar-refractivity contribution is 7.89. The third-order valence-corrected chi connectivity index (χ3v) is 4.81.